The maximum atomic E-state index is 13.4. The smallest absolute Gasteiger partial charge is 0.227 e. The minimum atomic E-state index is -0.765. The van der Waals surface area contributed by atoms with E-state index in [1.165, 1.54) is 4.90 Å². The number of nitrogens with one attached hydrogen (secondary N) is 1. The average molecular weight is 360 g/mol. The SMILES string of the molecule is COc1cccc(CNC(=O)C2CC(=O)N(c3cc(F)cc(F)c3)C2)c1. The molecule has 0 aliphatic carbocycles. The standard InChI is InChI=1S/C19H18F2N2O3/c1-26-17-4-2-3-12(5-17)10-22-19(25)13-6-18(24)23(11-13)16-8-14(20)7-15(21)9-16/h2-5,7-9,13H,6,10-11H2,1H3,(H,22,25). The van der Waals surface area contributed by atoms with Crippen molar-refractivity contribution in [1.29, 1.82) is 0 Å². The van der Waals surface area contributed by atoms with Crippen LogP contribution in [0, 0.1) is 17.6 Å². The van der Waals surface area contributed by atoms with E-state index in [1.807, 2.05) is 18.2 Å². The van der Waals surface area contributed by atoms with Crippen LogP contribution in [0.5, 0.6) is 5.75 Å². The Labute approximate surface area is 149 Å². The van der Waals surface area contributed by atoms with Crippen LogP contribution in [0.25, 0.3) is 0 Å². The van der Waals surface area contributed by atoms with Crippen LogP contribution in [-0.2, 0) is 16.1 Å². The van der Waals surface area contributed by atoms with E-state index in [0.717, 1.165) is 23.8 Å². The Morgan fingerprint density at radius 2 is 1.96 bits per heavy atom. The van der Waals surface area contributed by atoms with Crippen LogP contribution < -0.4 is 15.0 Å². The molecule has 136 valence electrons. The van der Waals surface area contributed by atoms with Gasteiger partial charge in [-0.1, -0.05) is 12.1 Å². The Kier molecular flexibility index (Phi) is 5.16. The van der Waals surface area contributed by atoms with Gasteiger partial charge in [0.15, 0.2) is 0 Å². The molecular formula is C19H18F2N2O3. The Morgan fingerprint density at radius 1 is 1.23 bits per heavy atom. The predicted molar refractivity (Wildman–Crippen MR) is 91.7 cm³/mol. The molecule has 2 aromatic carbocycles. The number of benzene rings is 2. The van der Waals surface area contributed by atoms with Gasteiger partial charge in [-0.25, -0.2) is 8.78 Å². The van der Waals surface area contributed by atoms with Gasteiger partial charge in [0, 0.05) is 31.3 Å². The molecule has 0 spiro atoms. The van der Waals surface area contributed by atoms with Crippen LogP contribution in [0.4, 0.5) is 14.5 Å². The number of methoxy groups -OCH3 is 1. The number of carbonyl (C=O) groups excluding carboxylic acids is 2. The molecule has 0 radical (unpaired) electrons. The highest BCUT2D eigenvalue weighted by atomic mass is 19.1. The molecule has 26 heavy (non-hydrogen) atoms. The average Bonchev–Trinajstić information content (AvgIpc) is 3.01. The van der Waals surface area contributed by atoms with E-state index in [9.17, 15) is 18.4 Å². The lowest BCUT2D eigenvalue weighted by atomic mass is 10.1. The van der Waals surface area contributed by atoms with Gasteiger partial charge in [-0.2, -0.15) is 0 Å². The van der Waals surface area contributed by atoms with E-state index >= 15 is 0 Å². The van der Waals surface area contributed by atoms with E-state index < -0.39 is 17.6 Å². The number of halogens is 2. The summed E-state index contributed by atoms with van der Waals surface area (Å²) in [5.41, 5.74) is 0.988. The fourth-order valence-corrected chi connectivity index (χ4v) is 2.94. The summed E-state index contributed by atoms with van der Waals surface area (Å²) >= 11 is 0. The van der Waals surface area contributed by atoms with Crippen molar-refractivity contribution < 1.29 is 23.1 Å². The van der Waals surface area contributed by atoms with Gasteiger partial charge >= 0.3 is 0 Å². The van der Waals surface area contributed by atoms with Crippen molar-refractivity contribution in [2.75, 3.05) is 18.6 Å². The molecule has 1 atom stereocenters. The number of amides is 2. The third-order valence-electron chi connectivity index (χ3n) is 4.26. The quantitative estimate of drug-likeness (QED) is 0.892. The minimum Gasteiger partial charge on any atom is -0.497 e. The molecule has 5 nitrogen and oxygen atoms in total. The van der Waals surface area contributed by atoms with Gasteiger partial charge in [-0.3, -0.25) is 9.59 Å². The zero-order valence-electron chi connectivity index (χ0n) is 14.2. The van der Waals surface area contributed by atoms with Crippen molar-refractivity contribution in [3.63, 3.8) is 0 Å². The molecule has 1 fully saturated rings. The molecule has 0 bridgehead atoms. The normalized spacial score (nSPS) is 16.7. The van der Waals surface area contributed by atoms with Gasteiger partial charge in [0.25, 0.3) is 0 Å². The van der Waals surface area contributed by atoms with E-state index in [0.29, 0.717) is 12.3 Å². The first kappa shape index (κ1) is 17.8. The number of hydrogen-bond donors (Lipinski definition) is 1. The molecule has 1 N–H and O–H groups in total. The van der Waals surface area contributed by atoms with Gasteiger partial charge < -0.3 is 15.0 Å². The van der Waals surface area contributed by atoms with Crippen molar-refractivity contribution in [3.8, 4) is 5.75 Å². The van der Waals surface area contributed by atoms with Crippen LogP contribution in [-0.4, -0.2) is 25.5 Å². The summed E-state index contributed by atoms with van der Waals surface area (Å²) in [6.07, 6.45) is 0.00206. The molecular weight excluding hydrogens is 342 g/mol. The molecule has 7 heteroatoms. The van der Waals surface area contributed by atoms with Crippen LogP contribution in [0.2, 0.25) is 0 Å². The lowest BCUT2D eigenvalue weighted by Crippen LogP contribution is -2.32. The second-order valence-electron chi connectivity index (χ2n) is 6.10. The predicted octanol–water partition coefficient (Wildman–Crippen LogP) is 2.64. The summed E-state index contributed by atoms with van der Waals surface area (Å²) in [5, 5.41) is 2.79. The lowest BCUT2D eigenvalue weighted by Gasteiger charge is -2.17. The Hall–Kier alpha value is -2.96. The Morgan fingerprint density at radius 3 is 2.65 bits per heavy atom. The third kappa shape index (κ3) is 3.99. The van der Waals surface area contributed by atoms with Crippen LogP contribution in [0.15, 0.2) is 42.5 Å². The number of nitrogens with zero attached hydrogens (tertiary/aromatic N) is 1. The number of anilines is 1. The molecule has 3 rings (SSSR count). The first-order valence-corrected chi connectivity index (χ1v) is 8.13. The Balaban J connectivity index is 1.63. The second-order valence-corrected chi connectivity index (χ2v) is 6.10. The fraction of sp³-hybridized carbons (Fsp3) is 0.263. The van der Waals surface area contributed by atoms with Gasteiger partial charge in [0.1, 0.15) is 17.4 Å². The molecule has 1 saturated heterocycles. The lowest BCUT2D eigenvalue weighted by molar-refractivity contribution is -0.126. The van der Waals surface area contributed by atoms with Gasteiger partial charge in [-0.05, 0) is 29.8 Å². The summed E-state index contributed by atoms with van der Waals surface area (Å²) in [4.78, 5) is 25.8. The molecule has 1 unspecified atom stereocenters. The molecule has 1 aliphatic rings. The van der Waals surface area contributed by atoms with Gasteiger partial charge in [0.05, 0.1) is 13.0 Å². The number of ether oxygens (including phenoxy) is 1. The largest absolute Gasteiger partial charge is 0.497 e. The first-order valence-electron chi connectivity index (χ1n) is 8.13. The molecule has 0 saturated carbocycles. The highest BCUT2D eigenvalue weighted by Gasteiger charge is 2.35. The minimum absolute atomic E-state index is 0.00206. The van der Waals surface area contributed by atoms with Crippen molar-refractivity contribution >= 4 is 17.5 Å². The topological polar surface area (TPSA) is 58.6 Å². The van der Waals surface area contributed by atoms with Crippen molar-refractivity contribution in [2.24, 2.45) is 5.92 Å². The maximum Gasteiger partial charge on any atom is 0.227 e. The Bertz CT molecular complexity index is 821. The summed E-state index contributed by atoms with van der Waals surface area (Å²) in [5.74, 6) is -2.03. The zero-order valence-corrected chi connectivity index (χ0v) is 14.2. The highest BCUT2D eigenvalue weighted by Crippen LogP contribution is 2.26. The first-order chi connectivity index (χ1) is 12.5. The van der Waals surface area contributed by atoms with E-state index in [-0.39, 0.29) is 30.5 Å². The molecule has 2 aromatic rings. The molecule has 1 heterocycles. The van der Waals surface area contributed by atoms with E-state index in [1.54, 1.807) is 13.2 Å². The number of carbonyl (C=O) groups is 2. The van der Waals surface area contributed by atoms with Gasteiger partial charge in [-0.15, -0.1) is 0 Å². The van der Waals surface area contributed by atoms with E-state index in [4.69, 9.17) is 4.74 Å². The van der Waals surface area contributed by atoms with Crippen molar-refractivity contribution in [1.82, 2.24) is 5.32 Å². The number of hydrogen-bond acceptors (Lipinski definition) is 3. The van der Waals surface area contributed by atoms with Crippen LogP contribution in [0.3, 0.4) is 0 Å². The van der Waals surface area contributed by atoms with Crippen LogP contribution >= 0.6 is 0 Å². The zero-order chi connectivity index (χ0) is 18.7. The molecule has 0 aromatic heterocycles. The summed E-state index contributed by atoms with van der Waals surface area (Å²) in [6.45, 7) is 0.390. The number of rotatable bonds is 5. The summed E-state index contributed by atoms with van der Waals surface area (Å²) < 4.78 is 31.9. The summed E-state index contributed by atoms with van der Waals surface area (Å²) in [6, 6.07) is 10.2. The van der Waals surface area contributed by atoms with E-state index in [2.05, 4.69) is 5.32 Å². The summed E-state index contributed by atoms with van der Waals surface area (Å²) in [7, 11) is 1.56. The van der Waals surface area contributed by atoms with Crippen LogP contribution in [0.1, 0.15) is 12.0 Å². The van der Waals surface area contributed by atoms with Crippen molar-refractivity contribution in [3.05, 3.63) is 59.7 Å². The molecule has 1 aliphatic heterocycles. The van der Waals surface area contributed by atoms with Gasteiger partial charge in [0.2, 0.25) is 11.8 Å². The second kappa shape index (κ2) is 7.51. The molecule has 2 amide bonds. The van der Waals surface area contributed by atoms with Crippen molar-refractivity contribution in [2.45, 2.75) is 13.0 Å². The monoisotopic (exact) mass is 360 g/mol. The highest BCUT2D eigenvalue weighted by molar-refractivity contribution is 6.00. The fourth-order valence-electron chi connectivity index (χ4n) is 2.94. The third-order valence-corrected chi connectivity index (χ3v) is 4.26. The maximum absolute atomic E-state index is 13.4.